The molecule has 132 valence electrons. The number of fused-ring (bicyclic) bond motifs is 1. The van der Waals surface area contributed by atoms with Crippen molar-refractivity contribution in [3.8, 4) is 11.8 Å². The monoisotopic (exact) mass is 359 g/mol. The van der Waals surface area contributed by atoms with Crippen molar-refractivity contribution >= 4 is 23.6 Å². The summed E-state index contributed by atoms with van der Waals surface area (Å²) in [6.45, 7) is 5.61. The molecule has 1 aromatic carbocycles. The second-order valence-electron chi connectivity index (χ2n) is 6.81. The van der Waals surface area contributed by atoms with E-state index in [1.165, 1.54) is 16.7 Å². The number of rotatable bonds is 4. The lowest BCUT2D eigenvalue weighted by molar-refractivity contribution is -0.188. The largest absolute Gasteiger partial charge is 0.459 e. The lowest BCUT2D eigenvalue weighted by atomic mass is 9.85. The molecule has 1 N–H and O–H groups in total. The number of esters is 1. The van der Waals surface area contributed by atoms with Gasteiger partial charge in [-0.1, -0.05) is 36.3 Å². The highest BCUT2D eigenvalue weighted by atomic mass is 32.2. The normalized spacial score (nSPS) is 29.3. The molecular formula is C19H21NO4S. The summed E-state index contributed by atoms with van der Waals surface area (Å²) in [5, 5.41) is 10.2. The predicted molar refractivity (Wildman–Crippen MR) is 95.3 cm³/mol. The fraction of sp³-hybridized carbons (Fsp3) is 0.474. The van der Waals surface area contributed by atoms with Crippen LogP contribution in [-0.2, 0) is 20.9 Å². The van der Waals surface area contributed by atoms with Gasteiger partial charge < -0.3 is 14.7 Å². The molecule has 2 saturated heterocycles. The van der Waals surface area contributed by atoms with Gasteiger partial charge in [-0.05, 0) is 26.3 Å². The molecule has 0 aliphatic carbocycles. The van der Waals surface area contributed by atoms with Crippen LogP contribution in [0.3, 0.4) is 0 Å². The maximum absolute atomic E-state index is 12.7. The van der Waals surface area contributed by atoms with Crippen molar-refractivity contribution in [1.29, 1.82) is 0 Å². The van der Waals surface area contributed by atoms with Crippen molar-refractivity contribution in [2.45, 2.75) is 55.6 Å². The first-order valence-corrected chi connectivity index (χ1v) is 9.02. The van der Waals surface area contributed by atoms with Crippen LogP contribution < -0.4 is 0 Å². The van der Waals surface area contributed by atoms with Gasteiger partial charge in [0.05, 0.1) is 0 Å². The molecular weight excluding hydrogens is 338 g/mol. The van der Waals surface area contributed by atoms with Crippen LogP contribution in [-0.4, -0.2) is 43.6 Å². The molecule has 3 atom stereocenters. The van der Waals surface area contributed by atoms with Crippen LogP contribution in [0.2, 0.25) is 0 Å². The number of β-lactam (4-membered cyclic amide) rings is 1. The molecule has 2 aliphatic rings. The number of ether oxygens (including phenoxy) is 1. The van der Waals surface area contributed by atoms with E-state index in [2.05, 4.69) is 11.8 Å². The van der Waals surface area contributed by atoms with E-state index >= 15 is 0 Å². The van der Waals surface area contributed by atoms with Gasteiger partial charge in [0.1, 0.15) is 18.0 Å². The lowest BCUT2D eigenvalue weighted by Crippen LogP contribution is -2.73. The van der Waals surface area contributed by atoms with E-state index < -0.39 is 33.6 Å². The van der Waals surface area contributed by atoms with Crippen molar-refractivity contribution in [3.05, 3.63) is 35.9 Å². The number of carbonyl (C=O) groups is 2. The minimum atomic E-state index is -1.51. The van der Waals surface area contributed by atoms with Gasteiger partial charge in [-0.3, -0.25) is 4.79 Å². The highest BCUT2D eigenvalue weighted by molar-refractivity contribution is 8.01. The third-order valence-corrected chi connectivity index (χ3v) is 6.27. The molecule has 6 heteroatoms. The minimum Gasteiger partial charge on any atom is -0.459 e. The van der Waals surface area contributed by atoms with Crippen LogP contribution >= 0.6 is 11.8 Å². The number of thioether (sulfide) groups is 1. The number of hydrogen-bond acceptors (Lipinski definition) is 5. The Bertz CT molecular complexity index is 752. The van der Waals surface area contributed by atoms with E-state index in [1.807, 2.05) is 44.2 Å². The fourth-order valence-corrected chi connectivity index (χ4v) is 4.91. The summed E-state index contributed by atoms with van der Waals surface area (Å²) in [5.41, 5.74) is -0.625. The standard InChI is InChI=1S/C19H21NO4S/c1-4-5-11-19(23)16(22)20-14(18(2,3)25-17(19)20)15(21)24-12-13-9-7-6-8-10-13/h6-10,14,17,23H,11-12H2,1-3H3/t14-,17+,19+/m0/s1. The lowest BCUT2D eigenvalue weighted by Gasteiger charge is -2.49. The van der Waals surface area contributed by atoms with E-state index in [1.54, 1.807) is 6.92 Å². The smallest absolute Gasteiger partial charge is 0.330 e. The molecule has 0 saturated carbocycles. The molecule has 2 aliphatic heterocycles. The number of nitrogens with zero attached hydrogens (tertiary/aromatic N) is 1. The van der Waals surface area contributed by atoms with Crippen molar-refractivity contribution in [2.75, 3.05) is 0 Å². The quantitative estimate of drug-likeness (QED) is 0.506. The Labute approximate surface area is 151 Å². The zero-order valence-corrected chi connectivity index (χ0v) is 15.3. The van der Waals surface area contributed by atoms with Crippen molar-refractivity contribution < 1.29 is 19.4 Å². The fourth-order valence-electron chi connectivity index (χ4n) is 3.28. The number of hydrogen-bond donors (Lipinski definition) is 1. The van der Waals surface area contributed by atoms with E-state index in [9.17, 15) is 14.7 Å². The minimum absolute atomic E-state index is 0.0817. The average Bonchev–Trinajstić information content (AvgIpc) is 2.88. The van der Waals surface area contributed by atoms with Gasteiger partial charge in [0.15, 0.2) is 5.60 Å². The van der Waals surface area contributed by atoms with Crippen LogP contribution in [0.1, 0.15) is 32.8 Å². The number of benzene rings is 1. The number of amides is 1. The predicted octanol–water partition coefficient (Wildman–Crippen LogP) is 1.94. The third-order valence-electron chi connectivity index (χ3n) is 4.60. The number of carbonyl (C=O) groups excluding carboxylic acids is 2. The molecule has 5 nitrogen and oxygen atoms in total. The van der Waals surface area contributed by atoms with Crippen molar-refractivity contribution in [1.82, 2.24) is 4.90 Å². The molecule has 1 amide bonds. The Balaban J connectivity index is 1.74. The summed E-state index contributed by atoms with van der Waals surface area (Å²) < 4.78 is 4.90. The topological polar surface area (TPSA) is 66.8 Å². The Kier molecular flexibility index (Phi) is 4.56. The van der Waals surface area contributed by atoms with Crippen LogP contribution in [0.4, 0.5) is 0 Å². The van der Waals surface area contributed by atoms with Crippen LogP contribution in [0.5, 0.6) is 0 Å². The van der Waals surface area contributed by atoms with Crippen LogP contribution in [0.25, 0.3) is 0 Å². The Morgan fingerprint density at radius 1 is 1.36 bits per heavy atom. The highest BCUT2D eigenvalue weighted by Crippen LogP contribution is 2.55. The van der Waals surface area contributed by atoms with Crippen molar-refractivity contribution in [2.24, 2.45) is 0 Å². The molecule has 2 fully saturated rings. The average molecular weight is 359 g/mol. The molecule has 1 aromatic rings. The SMILES string of the molecule is CC#CC[C@@]1(O)C(=O)N2[C@@H](C(=O)OCc3ccccc3)C(C)(C)S[C@@H]21. The highest BCUT2D eigenvalue weighted by Gasteiger charge is 2.71. The first kappa shape index (κ1) is 17.8. The third kappa shape index (κ3) is 2.92. The number of aliphatic hydroxyl groups is 1. The zero-order valence-electron chi connectivity index (χ0n) is 14.5. The molecule has 25 heavy (non-hydrogen) atoms. The maximum atomic E-state index is 12.7. The Morgan fingerprint density at radius 3 is 2.68 bits per heavy atom. The molecule has 0 spiro atoms. The van der Waals surface area contributed by atoms with Gasteiger partial charge in [0.25, 0.3) is 5.91 Å². The summed E-state index contributed by atoms with van der Waals surface area (Å²) in [7, 11) is 0. The molecule has 3 rings (SSSR count). The summed E-state index contributed by atoms with van der Waals surface area (Å²) in [6.07, 6.45) is 0.0817. The first-order valence-electron chi connectivity index (χ1n) is 8.14. The molecule has 0 aromatic heterocycles. The van der Waals surface area contributed by atoms with E-state index in [0.29, 0.717) is 0 Å². The van der Waals surface area contributed by atoms with Gasteiger partial charge in [-0.25, -0.2) is 4.79 Å². The second kappa shape index (κ2) is 6.40. The summed E-state index contributed by atoms with van der Waals surface area (Å²) in [4.78, 5) is 26.6. The zero-order chi connectivity index (χ0) is 18.2. The summed E-state index contributed by atoms with van der Waals surface area (Å²) >= 11 is 1.42. The molecule has 0 unspecified atom stereocenters. The van der Waals surface area contributed by atoms with E-state index in [4.69, 9.17) is 4.74 Å². The van der Waals surface area contributed by atoms with Gasteiger partial charge in [0.2, 0.25) is 0 Å². The van der Waals surface area contributed by atoms with Gasteiger partial charge >= 0.3 is 5.97 Å². The Morgan fingerprint density at radius 2 is 2.04 bits per heavy atom. The van der Waals surface area contributed by atoms with Gasteiger partial charge in [-0.15, -0.1) is 17.7 Å². The first-order chi connectivity index (χ1) is 11.8. The van der Waals surface area contributed by atoms with Gasteiger partial charge in [0, 0.05) is 11.2 Å². The summed E-state index contributed by atoms with van der Waals surface area (Å²) in [5.74, 6) is 4.59. The van der Waals surface area contributed by atoms with Gasteiger partial charge in [-0.2, -0.15) is 0 Å². The van der Waals surface area contributed by atoms with Crippen molar-refractivity contribution in [3.63, 3.8) is 0 Å². The summed E-state index contributed by atoms with van der Waals surface area (Å²) in [6, 6.07) is 8.69. The second-order valence-corrected chi connectivity index (χ2v) is 8.54. The maximum Gasteiger partial charge on any atom is 0.330 e. The molecule has 0 bridgehead atoms. The van der Waals surface area contributed by atoms with Crippen LogP contribution in [0, 0.1) is 11.8 Å². The van der Waals surface area contributed by atoms with Crippen LogP contribution in [0.15, 0.2) is 30.3 Å². The molecule has 0 radical (unpaired) electrons. The Hall–Kier alpha value is -1.97. The van der Waals surface area contributed by atoms with E-state index in [-0.39, 0.29) is 13.0 Å². The molecule has 2 heterocycles. The van der Waals surface area contributed by atoms with E-state index in [0.717, 1.165) is 5.56 Å².